The van der Waals surface area contributed by atoms with E-state index in [4.69, 9.17) is 19.9 Å². The van der Waals surface area contributed by atoms with Crippen LogP contribution in [0.1, 0.15) is 32.1 Å². The number of fused-ring (bicyclic) bond motifs is 1. The molecule has 1 aliphatic heterocycles. The van der Waals surface area contributed by atoms with Gasteiger partial charge in [-0.05, 0) is 37.8 Å². The first-order valence-electron chi connectivity index (χ1n) is 8.73. The standard InChI is InChI=1S/C18H22N4O3/c19-16-17(20-11-21-18(16)25-13-4-2-1-3-5-13)22-12-6-7-14-15(10-12)24-9-8-23-14/h6-7,10-11,13H,1-5,8-9,19H2,(H,20,21,22). The topological polar surface area (TPSA) is 91.5 Å². The zero-order valence-electron chi connectivity index (χ0n) is 14.0. The molecule has 0 amide bonds. The normalized spacial score (nSPS) is 17.1. The Morgan fingerprint density at radius 2 is 1.84 bits per heavy atom. The highest BCUT2D eigenvalue weighted by Crippen LogP contribution is 2.35. The van der Waals surface area contributed by atoms with Gasteiger partial charge in [0.1, 0.15) is 31.3 Å². The van der Waals surface area contributed by atoms with E-state index < -0.39 is 0 Å². The quantitative estimate of drug-likeness (QED) is 0.881. The summed E-state index contributed by atoms with van der Waals surface area (Å²) in [5.41, 5.74) is 7.45. The van der Waals surface area contributed by atoms with Crippen molar-refractivity contribution >= 4 is 17.2 Å². The smallest absolute Gasteiger partial charge is 0.242 e. The average Bonchev–Trinajstić information content (AvgIpc) is 2.66. The predicted molar refractivity (Wildman–Crippen MR) is 94.7 cm³/mol. The highest BCUT2D eigenvalue weighted by atomic mass is 16.6. The van der Waals surface area contributed by atoms with Crippen LogP contribution < -0.4 is 25.3 Å². The maximum atomic E-state index is 6.22. The van der Waals surface area contributed by atoms with E-state index in [9.17, 15) is 0 Å². The largest absolute Gasteiger partial charge is 0.486 e. The van der Waals surface area contributed by atoms with Gasteiger partial charge in [-0.15, -0.1) is 0 Å². The number of anilines is 3. The van der Waals surface area contributed by atoms with E-state index in [0.717, 1.165) is 24.3 Å². The summed E-state index contributed by atoms with van der Waals surface area (Å²) in [5, 5.41) is 3.21. The predicted octanol–water partition coefficient (Wildman–Crippen LogP) is 3.29. The molecule has 7 heteroatoms. The Hall–Kier alpha value is -2.70. The molecule has 7 nitrogen and oxygen atoms in total. The van der Waals surface area contributed by atoms with Gasteiger partial charge in [0.15, 0.2) is 17.3 Å². The fourth-order valence-electron chi connectivity index (χ4n) is 3.17. The lowest BCUT2D eigenvalue weighted by molar-refractivity contribution is 0.149. The van der Waals surface area contributed by atoms with E-state index in [1.807, 2.05) is 18.2 Å². The Morgan fingerprint density at radius 1 is 1.04 bits per heavy atom. The van der Waals surface area contributed by atoms with Crippen molar-refractivity contribution in [1.29, 1.82) is 0 Å². The molecule has 1 aromatic heterocycles. The second-order valence-corrected chi connectivity index (χ2v) is 6.30. The number of nitrogen functional groups attached to an aromatic ring is 1. The fraction of sp³-hybridized carbons (Fsp3) is 0.444. The molecular formula is C18H22N4O3. The SMILES string of the molecule is Nc1c(Nc2ccc3c(c2)OCCO3)ncnc1OC1CCCCC1. The van der Waals surface area contributed by atoms with E-state index in [1.54, 1.807) is 0 Å². The molecule has 2 heterocycles. The Kier molecular flexibility index (Phi) is 4.45. The zero-order chi connectivity index (χ0) is 17.1. The Balaban J connectivity index is 1.51. The third kappa shape index (κ3) is 3.55. The van der Waals surface area contributed by atoms with Gasteiger partial charge in [-0.2, -0.15) is 4.98 Å². The average molecular weight is 342 g/mol. The first-order valence-corrected chi connectivity index (χ1v) is 8.73. The van der Waals surface area contributed by atoms with Gasteiger partial charge in [-0.25, -0.2) is 4.98 Å². The van der Waals surface area contributed by atoms with Gasteiger partial charge in [0, 0.05) is 11.8 Å². The van der Waals surface area contributed by atoms with Crippen LogP contribution in [0, 0.1) is 0 Å². The van der Waals surface area contributed by atoms with Crippen molar-refractivity contribution in [1.82, 2.24) is 9.97 Å². The lowest BCUT2D eigenvalue weighted by Gasteiger charge is -2.23. The van der Waals surface area contributed by atoms with Crippen molar-refractivity contribution in [2.75, 3.05) is 24.3 Å². The van der Waals surface area contributed by atoms with Crippen LogP contribution in [0.15, 0.2) is 24.5 Å². The monoisotopic (exact) mass is 342 g/mol. The number of aromatic nitrogens is 2. The van der Waals surface area contributed by atoms with Gasteiger partial charge in [0.05, 0.1) is 0 Å². The maximum Gasteiger partial charge on any atom is 0.242 e. The molecule has 2 aromatic rings. The molecule has 0 unspecified atom stereocenters. The number of benzene rings is 1. The first-order chi connectivity index (χ1) is 12.3. The van der Waals surface area contributed by atoms with Gasteiger partial charge < -0.3 is 25.3 Å². The summed E-state index contributed by atoms with van der Waals surface area (Å²) in [7, 11) is 0. The number of hydrogen-bond donors (Lipinski definition) is 2. The van der Waals surface area contributed by atoms with Crippen LogP contribution in [0.25, 0.3) is 0 Å². The van der Waals surface area contributed by atoms with Crippen LogP contribution in [0.5, 0.6) is 17.4 Å². The zero-order valence-corrected chi connectivity index (χ0v) is 14.0. The van der Waals surface area contributed by atoms with E-state index in [1.165, 1.54) is 25.6 Å². The molecule has 0 spiro atoms. The Bertz CT molecular complexity index is 747. The van der Waals surface area contributed by atoms with Crippen molar-refractivity contribution in [3.8, 4) is 17.4 Å². The molecule has 1 aliphatic carbocycles. The van der Waals surface area contributed by atoms with E-state index in [2.05, 4.69) is 15.3 Å². The van der Waals surface area contributed by atoms with Crippen LogP contribution in [0.2, 0.25) is 0 Å². The number of ether oxygens (including phenoxy) is 3. The van der Waals surface area contributed by atoms with Crippen LogP contribution >= 0.6 is 0 Å². The molecule has 3 N–H and O–H groups in total. The maximum absolute atomic E-state index is 6.22. The van der Waals surface area contributed by atoms with Crippen molar-refractivity contribution in [2.24, 2.45) is 0 Å². The van der Waals surface area contributed by atoms with E-state index in [0.29, 0.717) is 36.3 Å². The molecule has 0 radical (unpaired) electrons. The second kappa shape index (κ2) is 7.04. The lowest BCUT2D eigenvalue weighted by atomic mass is 9.98. The minimum absolute atomic E-state index is 0.188. The third-order valence-electron chi connectivity index (χ3n) is 4.48. The van der Waals surface area contributed by atoms with E-state index in [-0.39, 0.29) is 6.10 Å². The van der Waals surface area contributed by atoms with Crippen molar-refractivity contribution in [3.63, 3.8) is 0 Å². The summed E-state index contributed by atoms with van der Waals surface area (Å²) in [6.07, 6.45) is 7.41. The fourth-order valence-corrected chi connectivity index (χ4v) is 3.17. The summed E-state index contributed by atoms with van der Waals surface area (Å²) < 4.78 is 17.1. The molecule has 4 rings (SSSR count). The van der Waals surface area contributed by atoms with Crippen molar-refractivity contribution < 1.29 is 14.2 Å². The van der Waals surface area contributed by atoms with Crippen LogP contribution in [0.4, 0.5) is 17.2 Å². The summed E-state index contributed by atoms with van der Waals surface area (Å²) in [4.78, 5) is 8.44. The van der Waals surface area contributed by atoms with Crippen LogP contribution in [-0.2, 0) is 0 Å². The summed E-state index contributed by atoms with van der Waals surface area (Å²) in [6, 6.07) is 5.64. The summed E-state index contributed by atoms with van der Waals surface area (Å²) in [5.74, 6) is 2.43. The third-order valence-corrected chi connectivity index (χ3v) is 4.48. The molecule has 1 saturated carbocycles. The highest BCUT2D eigenvalue weighted by molar-refractivity contribution is 5.73. The molecule has 132 valence electrons. The minimum atomic E-state index is 0.188. The molecule has 25 heavy (non-hydrogen) atoms. The number of nitrogens with two attached hydrogens (primary N) is 1. The summed E-state index contributed by atoms with van der Waals surface area (Å²) in [6.45, 7) is 1.12. The molecule has 1 fully saturated rings. The number of rotatable bonds is 4. The van der Waals surface area contributed by atoms with Crippen molar-refractivity contribution in [2.45, 2.75) is 38.2 Å². The highest BCUT2D eigenvalue weighted by Gasteiger charge is 2.19. The van der Waals surface area contributed by atoms with Crippen molar-refractivity contribution in [3.05, 3.63) is 24.5 Å². The van der Waals surface area contributed by atoms with Gasteiger partial charge in [0.2, 0.25) is 5.88 Å². The molecular weight excluding hydrogens is 320 g/mol. The van der Waals surface area contributed by atoms with Gasteiger partial charge in [0.25, 0.3) is 0 Å². The molecule has 1 aromatic carbocycles. The molecule has 0 saturated heterocycles. The van der Waals surface area contributed by atoms with Gasteiger partial charge >= 0.3 is 0 Å². The lowest BCUT2D eigenvalue weighted by Crippen LogP contribution is -2.21. The van der Waals surface area contributed by atoms with Gasteiger partial charge in [-0.1, -0.05) is 6.42 Å². The Morgan fingerprint density at radius 3 is 2.68 bits per heavy atom. The Labute approximate surface area is 146 Å². The number of hydrogen-bond acceptors (Lipinski definition) is 7. The van der Waals surface area contributed by atoms with Gasteiger partial charge in [-0.3, -0.25) is 0 Å². The molecule has 2 aliphatic rings. The van der Waals surface area contributed by atoms with Crippen LogP contribution in [-0.4, -0.2) is 29.3 Å². The second-order valence-electron chi connectivity index (χ2n) is 6.30. The molecule has 0 bridgehead atoms. The number of nitrogens with zero attached hydrogens (tertiary/aromatic N) is 2. The minimum Gasteiger partial charge on any atom is -0.486 e. The van der Waals surface area contributed by atoms with E-state index >= 15 is 0 Å². The van der Waals surface area contributed by atoms with Crippen LogP contribution in [0.3, 0.4) is 0 Å². The summed E-state index contributed by atoms with van der Waals surface area (Å²) >= 11 is 0. The number of nitrogens with one attached hydrogen (secondary N) is 1. The molecule has 0 atom stereocenters. The first kappa shape index (κ1) is 15.8.